The highest BCUT2D eigenvalue weighted by molar-refractivity contribution is 5.93. The topological polar surface area (TPSA) is 72.9 Å². The highest BCUT2D eigenvalue weighted by Gasteiger charge is 2.37. The van der Waals surface area contributed by atoms with Crippen LogP contribution in [-0.2, 0) is 11.3 Å². The third-order valence-electron chi connectivity index (χ3n) is 5.38. The minimum absolute atomic E-state index is 0.0392. The number of rotatable bonds is 5. The molecule has 1 fully saturated rings. The summed E-state index contributed by atoms with van der Waals surface area (Å²) in [6.07, 6.45) is 7.79. The van der Waals surface area contributed by atoms with E-state index in [1.54, 1.807) is 0 Å². The fourth-order valence-electron chi connectivity index (χ4n) is 3.92. The Morgan fingerprint density at radius 3 is 2.96 bits per heavy atom. The van der Waals surface area contributed by atoms with Gasteiger partial charge in [0.15, 0.2) is 0 Å². The number of hydrogen-bond acceptors (Lipinski definition) is 3. The molecular weight excluding hydrogens is 324 g/mol. The van der Waals surface area contributed by atoms with Crippen molar-refractivity contribution >= 4 is 11.6 Å². The van der Waals surface area contributed by atoms with E-state index in [2.05, 4.69) is 34.8 Å². The largest absolute Gasteiger partial charge is 0.330 e. The van der Waals surface area contributed by atoms with Crippen LogP contribution in [-0.4, -0.2) is 21.0 Å². The summed E-state index contributed by atoms with van der Waals surface area (Å²) < 4.78 is 2.16. The molecule has 1 heterocycles. The molecule has 1 aliphatic rings. The molecule has 3 N–H and O–H groups in total. The normalized spacial score (nSPS) is 23.2. The molecule has 5 heteroatoms. The highest BCUT2D eigenvalue weighted by atomic mass is 16.1. The molecule has 0 aliphatic heterocycles. The van der Waals surface area contributed by atoms with Gasteiger partial charge in [-0.1, -0.05) is 38.8 Å². The molecule has 2 aromatic rings. The fraction of sp³-hybridized carbons (Fsp3) is 0.524. The highest BCUT2D eigenvalue weighted by Crippen LogP contribution is 2.32. The van der Waals surface area contributed by atoms with Crippen molar-refractivity contribution < 1.29 is 4.79 Å². The molecule has 0 radical (unpaired) electrons. The lowest BCUT2D eigenvalue weighted by Gasteiger charge is -2.37. The third kappa shape index (κ3) is 4.15. The maximum atomic E-state index is 12.7. The van der Waals surface area contributed by atoms with Crippen LogP contribution in [0.1, 0.15) is 63.8 Å². The zero-order valence-electron chi connectivity index (χ0n) is 16.0. The molecule has 0 saturated heterocycles. The number of nitrogens with two attached hydrogens (primary N) is 1. The molecule has 1 aromatic heterocycles. The van der Waals surface area contributed by atoms with Gasteiger partial charge in [0.25, 0.3) is 0 Å². The van der Waals surface area contributed by atoms with Gasteiger partial charge in [-0.05, 0) is 37.5 Å². The van der Waals surface area contributed by atoms with Gasteiger partial charge < -0.3 is 15.6 Å². The number of imidazole rings is 1. The summed E-state index contributed by atoms with van der Waals surface area (Å²) in [6.45, 7) is 7.03. The molecule has 1 aromatic carbocycles. The summed E-state index contributed by atoms with van der Waals surface area (Å²) in [4.78, 5) is 17.2. The zero-order valence-corrected chi connectivity index (χ0v) is 16.0. The minimum atomic E-state index is -0.414. The quantitative estimate of drug-likeness (QED) is 0.855. The molecule has 0 spiro atoms. The van der Waals surface area contributed by atoms with E-state index in [4.69, 9.17) is 5.73 Å². The molecular formula is C21H30N4O. The van der Waals surface area contributed by atoms with E-state index in [-0.39, 0.29) is 11.8 Å². The molecule has 1 amide bonds. The van der Waals surface area contributed by atoms with Crippen molar-refractivity contribution in [3.8, 4) is 0 Å². The fourth-order valence-corrected chi connectivity index (χ4v) is 3.92. The van der Waals surface area contributed by atoms with Crippen LogP contribution in [0, 0.1) is 5.92 Å². The number of nitrogens with zero attached hydrogens (tertiary/aromatic N) is 2. The lowest BCUT2D eigenvalue weighted by atomic mass is 9.74. The maximum absolute atomic E-state index is 12.7. The summed E-state index contributed by atoms with van der Waals surface area (Å²) in [5.41, 5.74) is 7.93. The molecule has 1 saturated carbocycles. The predicted octanol–water partition coefficient (Wildman–Crippen LogP) is 3.90. The summed E-state index contributed by atoms with van der Waals surface area (Å²) >= 11 is 0. The van der Waals surface area contributed by atoms with Gasteiger partial charge in [-0.2, -0.15) is 0 Å². The Morgan fingerprint density at radius 2 is 2.23 bits per heavy atom. The van der Waals surface area contributed by atoms with Crippen LogP contribution >= 0.6 is 0 Å². The summed E-state index contributed by atoms with van der Waals surface area (Å²) in [7, 11) is 0. The van der Waals surface area contributed by atoms with Gasteiger partial charge in [-0.25, -0.2) is 4.98 Å². The van der Waals surface area contributed by atoms with Crippen molar-refractivity contribution in [2.45, 2.75) is 64.5 Å². The second-order valence-electron chi connectivity index (χ2n) is 8.06. The van der Waals surface area contributed by atoms with Gasteiger partial charge in [0.2, 0.25) is 5.91 Å². The van der Waals surface area contributed by atoms with Crippen LogP contribution in [0.25, 0.3) is 0 Å². The number of anilines is 1. The van der Waals surface area contributed by atoms with E-state index >= 15 is 0 Å². The first-order valence-electron chi connectivity index (χ1n) is 9.56. The van der Waals surface area contributed by atoms with Gasteiger partial charge in [-0.15, -0.1) is 0 Å². The number of amides is 1. The average molecular weight is 354 g/mol. The van der Waals surface area contributed by atoms with Crippen molar-refractivity contribution in [1.29, 1.82) is 0 Å². The number of hydrogen-bond donors (Lipinski definition) is 2. The van der Waals surface area contributed by atoms with Crippen molar-refractivity contribution in [3.05, 3.63) is 48.0 Å². The zero-order chi connectivity index (χ0) is 18.7. The average Bonchev–Trinajstić information content (AvgIpc) is 3.03. The van der Waals surface area contributed by atoms with E-state index in [0.717, 1.165) is 49.3 Å². The molecule has 26 heavy (non-hydrogen) atoms. The molecule has 1 aliphatic carbocycles. The van der Waals surface area contributed by atoms with E-state index in [1.165, 1.54) is 0 Å². The Morgan fingerprint density at radius 1 is 1.42 bits per heavy atom. The Balaban J connectivity index is 1.71. The predicted molar refractivity (Wildman–Crippen MR) is 105 cm³/mol. The minimum Gasteiger partial charge on any atom is -0.330 e. The molecule has 5 nitrogen and oxygen atoms in total. The van der Waals surface area contributed by atoms with Crippen LogP contribution in [0.15, 0.2) is 36.7 Å². The van der Waals surface area contributed by atoms with Gasteiger partial charge in [0.1, 0.15) is 5.82 Å². The Bertz CT molecular complexity index is 763. The van der Waals surface area contributed by atoms with Crippen molar-refractivity contribution in [3.63, 3.8) is 0 Å². The Hall–Kier alpha value is -2.14. The Kier molecular flexibility index (Phi) is 5.47. The second kappa shape index (κ2) is 7.62. The third-order valence-corrected chi connectivity index (χ3v) is 5.38. The van der Waals surface area contributed by atoms with Gasteiger partial charge >= 0.3 is 0 Å². The first-order chi connectivity index (χ1) is 12.4. The monoisotopic (exact) mass is 354 g/mol. The molecule has 2 atom stereocenters. The van der Waals surface area contributed by atoms with Gasteiger partial charge in [0.05, 0.1) is 5.92 Å². The van der Waals surface area contributed by atoms with Crippen molar-refractivity contribution in [1.82, 2.24) is 9.55 Å². The van der Waals surface area contributed by atoms with Gasteiger partial charge in [-0.3, -0.25) is 4.79 Å². The van der Waals surface area contributed by atoms with Crippen LogP contribution in [0.4, 0.5) is 5.69 Å². The lowest BCUT2D eigenvalue weighted by molar-refractivity contribution is -0.122. The SMILES string of the molecule is CC(C)c1nccn1Cc1cccc(NC(=O)C2CCCCC2(C)N)c1. The van der Waals surface area contributed by atoms with Crippen LogP contribution in [0.3, 0.4) is 0 Å². The molecule has 2 unspecified atom stereocenters. The summed E-state index contributed by atoms with van der Waals surface area (Å²) in [5, 5.41) is 3.08. The molecule has 0 bridgehead atoms. The van der Waals surface area contributed by atoms with Crippen LogP contribution < -0.4 is 11.1 Å². The first-order valence-corrected chi connectivity index (χ1v) is 9.56. The van der Waals surface area contributed by atoms with Crippen molar-refractivity contribution in [2.24, 2.45) is 11.7 Å². The Labute approximate surface area is 156 Å². The van der Waals surface area contributed by atoms with Crippen molar-refractivity contribution in [2.75, 3.05) is 5.32 Å². The summed E-state index contributed by atoms with van der Waals surface area (Å²) in [6, 6.07) is 8.04. The number of carbonyl (C=O) groups is 1. The van der Waals surface area contributed by atoms with Crippen LogP contribution in [0.5, 0.6) is 0 Å². The smallest absolute Gasteiger partial charge is 0.229 e. The van der Waals surface area contributed by atoms with E-state index in [9.17, 15) is 4.79 Å². The van der Waals surface area contributed by atoms with E-state index in [0.29, 0.717) is 5.92 Å². The van der Waals surface area contributed by atoms with E-state index in [1.807, 2.05) is 37.5 Å². The maximum Gasteiger partial charge on any atom is 0.229 e. The van der Waals surface area contributed by atoms with E-state index < -0.39 is 5.54 Å². The van der Waals surface area contributed by atoms with Crippen LogP contribution in [0.2, 0.25) is 0 Å². The lowest BCUT2D eigenvalue weighted by Crippen LogP contribution is -2.51. The number of nitrogens with one attached hydrogen (secondary N) is 1. The standard InChI is InChI=1S/C21H30N4O/c1-15(2)19-23-11-12-25(19)14-16-7-6-8-17(13-16)24-20(26)18-9-4-5-10-21(18,3)22/h6-8,11-13,15,18H,4-5,9-10,14,22H2,1-3H3,(H,24,26). The first kappa shape index (κ1) is 18.6. The number of carbonyl (C=O) groups excluding carboxylic acids is 1. The molecule has 140 valence electrons. The summed E-state index contributed by atoms with van der Waals surface area (Å²) in [5.74, 6) is 1.36. The number of benzene rings is 1. The number of aromatic nitrogens is 2. The second-order valence-corrected chi connectivity index (χ2v) is 8.06. The molecule has 3 rings (SSSR count). The van der Waals surface area contributed by atoms with Gasteiger partial charge in [0, 0.05) is 36.1 Å².